The smallest absolute Gasteiger partial charge is 0.225 e. The van der Waals surface area contributed by atoms with Crippen molar-refractivity contribution >= 4 is 28.4 Å². The average Bonchev–Trinajstić information content (AvgIpc) is 2.88. The molecule has 2 N–H and O–H groups in total. The molecule has 1 saturated heterocycles. The van der Waals surface area contributed by atoms with Crippen molar-refractivity contribution in [2.24, 2.45) is 0 Å². The summed E-state index contributed by atoms with van der Waals surface area (Å²) in [5, 5.41) is 8.58. The number of rotatable bonds is 7. The molecule has 7 nitrogen and oxygen atoms in total. The van der Waals surface area contributed by atoms with Gasteiger partial charge in [-0.25, -0.2) is 4.98 Å². The number of para-hydroxylation sites is 2. The van der Waals surface area contributed by atoms with Crippen LogP contribution in [0.2, 0.25) is 0 Å². The number of hydrogen-bond acceptors (Lipinski definition) is 7. The maximum Gasteiger partial charge on any atom is 0.225 e. The van der Waals surface area contributed by atoms with Gasteiger partial charge in [0.25, 0.3) is 0 Å². The van der Waals surface area contributed by atoms with Crippen LogP contribution in [0.5, 0.6) is 0 Å². The summed E-state index contributed by atoms with van der Waals surface area (Å²) in [5.41, 5.74) is 3.80. The van der Waals surface area contributed by atoms with Gasteiger partial charge in [-0.15, -0.1) is 0 Å². The van der Waals surface area contributed by atoms with E-state index < -0.39 is 0 Å². The van der Waals surface area contributed by atoms with E-state index in [1.807, 2.05) is 26.2 Å². The highest BCUT2D eigenvalue weighted by Crippen LogP contribution is 2.27. The maximum atomic E-state index is 4.83. The lowest BCUT2D eigenvalue weighted by Gasteiger charge is -2.35. The van der Waals surface area contributed by atoms with Crippen LogP contribution in [0, 0.1) is 0 Å². The first-order chi connectivity index (χ1) is 17.1. The molecule has 2 aliphatic rings. The fourth-order valence-electron chi connectivity index (χ4n) is 5.36. The molecule has 3 aromatic rings. The molecular formula is C28H39N7. The monoisotopic (exact) mass is 473 g/mol. The van der Waals surface area contributed by atoms with Gasteiger partial charge in [0, 0.05) is 70.0 Å². The van der Waals surface area contributed by atoms with Gasteiger partial charge in [0.15, 0.2) is 0 Å². The van der Waals surface area contributed by atoms with E-state index in [1.54, 1.807) is 0 Å². The van der Waals surface area contributed by atoms with Gasteiger partial charge < -0.3 is 25.3 Å². The van der Waals surface area contributed by atoms with E-state index in [0.29, 0.717) is 12.1 Å². The van der Waals surface area contributed by atoms with Crippen LogP contribution < -0.4 is 20.4 Å². The molecule has 186 valence electrons. The Morgan fingerprint density at radius 3 is 2.31 bits per heavy atom. The molecule has 0 radical (unpaired) electrons. The van der Waals surface area contributed by atoms with E-state index in [0.717, 1.165) is 68.2 Å². The fraction of sp³-hybridized carbons (Fsp3) is 0.500. The summed E-state index contributed by atoms with van der Waals surface area (Å²) in [6, 6.07) is 18.1. The quantitative estimate of drug-likeness (QED) is 0.539. The number of fused-ring (bicyclic) bond motifs is 1. The molecule has 0 unspecified atom stereocenters. The molecule has 0 amide bonds. The highest BCUT2D eigenvalue weighted by Gasteiger charge is 2.23. The van der Waals surface area contributed by atoms with Gasteiger partial charge in [0.2, 0.25) is 5.95 Å². The van der Waals surface area contributed by atoms with Gasteiger partial charge in [-0.2, -0.15) is 4.98 Å². The van der Waals surface area contributed by atoms with E-state index in [9.17, 15) is 0 Å². The zero-order chi connectivity index (χ0) is 24.2. The number of piperazine rings is 1. The van der Waals surface area contributed by atoms with Crippen molar-refractivity contribution in [1.82, 2.24) is 20.2 Å². The number of hydrogen-bond donors (Lipinski definition) is 2. The summed E-state index contributed by atoms with van der Waals surface area (Å²) in [6.07, 6.45) is 4.60. The third-order valence-electron chi connectivity index (χ3n) is 7.48. The predicted molar refractivity (Wildman–Crippen MR) is 147 cm³/mol. The second-order valence-corrected chi connectivity index (χ2v) is 10.3. The SMILES string of the molecule is CN1CCN(c2ccccc2CN[C@H]2CC[C@@H](Nc3nc(N(C)C)c4ccccc4n3)CC2)CC1. The lowest BCUT2D eigenvalue weighted by Crippen LogP contribution is -2.45. The highest BCUT2D eigenvalue weighted by molar-refractivity contribution is 5.90. The third-order valence-corrected chi connectivity index (χ3v) is 7.48. The number of likely N-dealkylation sites (N-methyl/N-ethyl adjacent to an activating group) is 1. The molecule has 1 aliphatic carbocycles. The van der Waals surface area contributed by atoms with Crippen molar-refractivity contribution in [1.29, 1.82) is 0 Å². The number of aromatic nitrogens is 2. The van der Waals surface area contributed by atoms with Gasteiger partial charge in [0.1, 0.15) is 5.82 Å². The molecular weight excluding hydrogens is 434 g/mol. The molecule has 0 spiro atoms. The zero-order valence-corrected chi connectivity index (χ0v) is 21.4. The summed E-state index contributed by atoms with van der Waals surface area (Å²) < 4.78 is 0. The Bertz CT molecular complexity index is 1120. The van der Waals surface area contributed by atoms with E-state index >= 15 is 0 Å². The second kappa shape index (κ2) is 10.8. The zero-order valence-electron chi connectivity index (χ0n) is 21.4. The van der Waals surface area contributed by atoms with E-state index in [-0.39, 0.29) is 0 Å². The van der Waals surface area contributed by atoms with Crippen LogP contribution in [0.3, 0.4) is 0 Å². The molecule has 2 heterocycles. The first-order valence-electron chi connectivity index (χ1n) is 13.0. The Labute approximate surface area is 209 Å². The van der Waals surface area contributed by atoms with Crippen molar-refractivity contribution in [2.75, 3.05) is 62.4 Å². The standard InChI is InChI=1S/C28H39N7/c1-33(2)27-24-9-5-6-10-25(24)31-28(32-27)30-23-14-12-22(13-15-23)29-20-21-8-4-7-11-26(21)35-18-16-34(3)17-19-35/h4-11,22-23,29H,12-20H2,1-3H3,(H,30,31,32)/t22-,23+. The predicted octanol–water partition coefficient (Wildman–Crippen LogP) is 3.96. The summed E-state index contributed by atoms with van der Waals surface area (Å²) in [5.74, 6) is 1.71. The van der Waals surface area contributed by atoms with Gasteiger partial charge in [0.05, 0.1) is 5.52 Å². The van der Waals surface area contributed by atoms with E-state index in [2.05, 4.69) is 68.8 Å². The van der Waals surface area contributed by atoms with Crippen molar-refractivity contribution in [2.45, 2.75) is 44.3 Å². The van der Waals surface area contributed by atoms with Crippen molar-refractivity contribution in [3.05, 3.63) is 54.1 Å². The molecule has 0 bridgehead atoms. The summed E-state index contributed by atoms with van der Waals surface area (Å²) >= 11 is 0. The van der Waals surface area contributed by atoms with Gasteiger partial charge in [-0.05, 0) is 56.5 Å². The van der Waals surface area contributed by atoms with Gasteiger partial charge >= 0.3 is 0 Å². The average molecular weight is 474 g/mol. The van der Waals surface area contributed by atoms with Gasteiger partial charge in [-0.1, -0.05) is 30.3 Å². The first kappa shape index (κ1) is 23.8. The minimum Gasteiger partial charge on any atom is -0.369 e. The van der Waals surface area contributed by atoms with Crippen LogP contribution in [0.25, 0.3) is 10.9 Å². The molecule has 1 aliphatic heterocycles. The van der Waals surface area contributed by atoms with Crippen molar-refractivity contribution < 1.29 is 0 Å². The first-order valence-corrected chi connectivity index (χ1v) is 13.0. The maximum absolute atomic E-state index is 4.83. The summed E-state index contributed by atoms with van der Waals surface area (Å²) in [4.78, 5) is 16.6. The van der Waals surface area contributed by atoms with Crippen LogP contribution in [-0.4, -0.2) is 74.3 Å². The summed E-state index contributed by atoms with van der Waals surface area (Å²) in [7, 11) is 6.29. The lowest BCUT2D eigenvalue weighted by atomic mass is 9.91. The van der Waals surface area contributed by atoms with Crippen molar-refractivity contribution in [3.63, 3.8) is 0 Å². The topological polar surface area (TPSA) is 59.6 Å². The van der Waals surface area contributed by atoms with Gasteiger partial charge in [-0.3, -0.25) is 0 Å². The lowest BCUT2D eigenvalue weighted by molar-refractivity contribution is 0.312. The molecule has 1 saturated carbocycles. The molecule has 0 atom stereocenters. The Hall–Kier alpha value is -2.90. The van der Waals surface area contributed by atoms with Crippen LogP contribution >= 0.6 is 0 Å². The molecule has 1 aromatic heterocycles. The minimum atomic E-state index is 0.418. The fourth-order valence-corrected chi connectivity index (χ4v) is 5.36. The number of nitrogens with one attached hydrogen (secondary N) is 2. The highest BCUT2D eigenvalue weighted by atomic mass is 15.2. The molecule has 5 rings (SSSR count). The minimum absolute atomic E-state index is 0.418. The Balaban J connectivity index is 1.16. The van der Waals surface area contributed by atoms with E-state index in [1.165, 1.54) is 24.1 Å². The normalized spacial score (nSPS) is 21.3. The Kier molecular flexibility index (Phi) is 7.35. The molecule has 7 heteroatoms. The van der Waals surface area contributed by atoms with Crippen LogP contribution in [0.4, 0.5) is 17.5 Å². The molecule has 35 heavy (non-hydrogen) atoms. The molecule has 2 aromatic carbocycles. The van der Waals surface area contributed by atoms with Crippen LogP contribution in [0.1, 0.15) is 31.2 Å². The van der Waals surface area contributed by atoms with Crippen LogP contribution in [-0.2, 0) is 6.54 Å². The number of anilines is 3. The molecule has 2 fully saturated rings. The third kappa shape index (κ3) is 5.68. The second-order valence-electron chi connectivity index (χ2n) is 10.3. The largest absolute Gasteiger partial charge is 0.369 e. The Morgan fingerprint density at radius 2 is 1.54 bits per heavy atom. The summed E-state index contributed by atoms with van der Waals surface area (Å²) in [6.45, 7) is 5.42. The van der Waals surface area contributed by atoms with E-state index in [4.69, 9.17) is 9.97 Å². The number of nitrogens with zero attached hydrogens (tertiary/aromatic N) is 5. The number of benzene rings is 2. The van der Waals surface area contributed by atoms with Crippen LogP contribution in [0.15, 0.2) is 48.5 Å². The Morgan fingerprint density at radius 1 is 0.857 bits per heavy atom. The van der Waals surface area contributed by atoms with Crippen molar-refractivity contribution in [3.8, 4) is 0 Å².